The van der Waals surface area contributed by atoms with E-state index in [-0.39, 0.29) is 18.4 Å². The molecule has 0 saturated heterocycles. The van der Waals surface area contributed by atoms with Gasteiger partial charge in [0, 0.05) is 24.4 Å². The van der Waals surface area contributed by atoms with Crippen LogP contribution >= 0.6 is 0 Å². The summed E-state index contributed by atoms with van der Waals surface area (Å²) in [6.45, 7) is 0.234. The molecule has 3 rings (SSSR count). The average molecular weight is 394 g/mol. The molecule has 7 nitrogen and oxygen atoms in total. The minimum Gasteiger partial charge on any atom is -0.497 e. The molecule has 0 radical (unpaired) electrons. The van der Waals surface area contributed by atoms with E-state index in [2.05, 4.69) is 5.32 Å². The number of benzene rings is 2. The summed E-state index contributed by atoms with van der Waals surface area (Å²) in [6, 6.07) is 17.3. The molecule has 0 aliphatic heterocycles. The van der Waals surface area contributed by atoms with Gasteiger partial charge in [0.25, 0.3) is 11.8 Å². The van der Waals surface area contributed by atoms with Crippen LogP contribution in [0.2, 0.25) is 0 Å². The minimum atomic E-state index is -0.295. The van der Waals surface area contributed by atoms with Crippen molar-refractivity contribution in [3.63, 3.8) is 0 Å². The second-order valence-corrected chi connectivity index (χ2v) is 6.33. The normalized spacial score (nSPS) is 10.3. The second kappa shape index (κ2) is 9.45. The molecule has 0 unspecified atom stereocenters. The zero-order chi connectivity index (χ0) is 20.6. The first-order valence-electron chi connectivity index (χ1n) is 9.00. The van der Waals surface area contributed by atoms with Crippen molar-refractivity contribution in [2.24, 2.45) is 0 Å². The molecule has 0 bridgehead atoms. The largest absolute Gasteiger partial charge is 0.497 e. The summed E-state index contributed by atoms with van der Waals surface area (Å²) in [4.78, 5) is 26.1. The smallest absolute Gasteiger partial charge is 0.262 e. The standard InChI is InChI=1S/C22H22N2O5/c1-24(14-20-7-4-12-28-20)22(26)16-8-10-18(11-9-16)29-15-21(25)23-17-5-3-6-19(13-17)27-2/h3-13H,14-15H2,1-2H3,(H,23,25). The molecule has 1 heterocycles. The third-order valence-electron chi connectivity index (χ3n) is 4.14. The van der Waals surface area contributed by atoms with Crippen molar-refractivity contribution in [2.45, 2.75) is 6.54 Å². The van der Waals surface area contributed by atoms with Gasteiger partial charge in [0.05, 0.1) is 19.9 Å². The first-order chi connectivity index (χ1) is 14.0. The van der Waals surface area contributed by atoms with Crippen molar-refractivity contribution in [3.8, 4) is 11.5 Å². The van der Waals surface area contributed by atoms with Crippen molar-refractivity contribution in [1.82, 2.24) is 4.90 Å². The highest BCUT2D eigenvalue weighted by molar-refractivity contribution is 5.94. The number of furan rings is 1. The lowest BCUT2D eigenvalue weighted by Crippen LogP contribution is -2.26. The Morgan fingerprint density at radius 3 is 2.52 bits per heavy atom. The van der Waals surface area contributed by atoms with Crippen molar-refractivity contribution in [1.29, 1.82) is 0 Å². The number of rotatable bonds is 8. The third kappa shape index (κ3) is 5.62. The Balaban J connectivity index is 1.50. The van der Waals surface area contributed by atoms with E-state index >= 15 is 0 Å². The van der Waals surface area contributed by atoms with Crippen molar-refractivity contribution in [3.05, 3.63) is 78.3 Å². The molecule has 2 aromatic carbocycles. The van der Waals surface area contributed by atoms with Gasteiger partial charge in [-0.25, -0.2) is 0 Å². The maximum Gasteiger partial charge on any atom is 0.262 e. The van der Waals surface area contributed by atoms with Gasteiger partial charge < -0.3 is 24.1 Å². The summed E-state index contributed by atoms with van der Waals surface area (Å²) in [5.41, 5.74) is 1.14. The number of carbonyl (C=O) groups excluding carboxylic acids is 2. The van der Waals surface area contributed by atoms with Gasteiger partial charge in [-0.1, -0.05) is 6.07 Å². The van der Waals surface area contributed by atoms with Gasteiger partial charge in [0.2, 0.25) is 0 Å². The zero-order valence-corrected chi connectivity index (χ0v) is 16.3. The lowest BCUT2D eigenvalue weighted by molar-refractivity contribution is -0.118. The topological polar surface area (TPSA) is 81.0 Å². The highest BCUT2D eigenvalue weighted by Gasteiger charge is 2.13. The second-order valence-electron chi connectivity index (χ2n) is 6.33. The van der Waals surface area contributed by atoms with E-state index < -0.39 is 0 Å². The Labute approximate surface area is 168 Å². The van der Waals surface area contributed by atoms with Crippen LogP contribution in [0.5, 0.6) is 11.5 Å². The molecular formula is C22H22N2O5. The fourth-order valence-corrected chi connectivity index (χ4v) is 2.67. The minimum absolute atomic E-state index is 0.135. The molecule has 0 fully saturated rings. The summed E-state index contributed by atoms with van der Waals surface area (Å²) < 4.78 is 15.9. The molecule has 1 aromatic heterocycles. The predicted octanol–water partition coefficient (Wildman–Crippen LogP) is 3.58. The van der Waals surface area contributed by atoms with Gasteiger partial charge in [0.1, 0.15) is 17.3 Å². The van der Waals surface area contributed by atoms with Gasteiger partial charge in [-0.05, 0) is 48.5 Å². The van der Waals surface area contributed by atoms with Crippen LogP contribution in [0.4, 0.5) is 5.69 Å². The molecule has 0 saturated carbocycles. The molecule has 0 atom stereocenters. The van der Waals surface area contributed by atoms with Gasteiger partial charge in [0.15, 0.2) is 6.61 Å². The van der Waals surface area contributed by atoms with Crippen LogP contribution < -0.4 is 14.8 Å². The van der Waals surface area contributed by atoms with E-state index in [0.717, 1.165) is 0 Å². The van der Waals surface area contributed by atoms with Crippen LogP contribution in [0, 0.1) is 0 Å². The van der Waals surface area contributed by atoms with E-state index in [0.29, 0.717) is 35.1 Å². The number of nitrogens with one attached hydrogen (secondary N) is 1. The van der Waals surface area contributed by atoms with Crippen molar-refractivity contribution in [2.75, 3.05) is 26.1 Å². The van der Waals surface area contributed by atoms with Gasteiger partial charge in [-0.3, -0.25) is 9.59 Å². The summed E-state index contributed by atoms with van der Waals surface area (Å²) in [6.07, 6.45) is 1.57. The molecule has 150 valence electrons. The van der Waals surface area contributed by atoms with E-state index in [1.165, 1.54) is 0 Å². The molecule has 0 aliphatic carbocycles. The summed E-state index contributed by atoms with van der Waals surface area (Å²) in [7, 11) is 3.27. The Morgan fingerprint density at radius 1 is 1.03 bits per heavy atom. The Kier molecular flexibility index (Phi) is 6.52. The molecule has 1 N–H and O–H groups in total. The molecule has 7 heteroatoms. The van der Waals surface area contributed by atoms with E-state index in [9.17, 15) is 9.59 Å². The third-order valence-corrected chi connectivity index (χ3v) is 4.14. The van der Waals surface area contributed by atoms with Crippen LogP contribution in [0.25, 0.3) is 0 Å². The quantitative estimate of drug-likeness (QED) is 0.632. The molecular weight excluding hydrogens is 372 g/mol. The van der Waals surface area contributed by atoms with Gasteiger partial charge >= 0.3 is 0 Å². The summed E-state index contributed by atoms with van der Waals surface area (Å²) >= 11 is 0. The van der Waals surface area contributed by atoms with E-state index in [1.807, 2.05) is 6.07 Å². The highest BCUT2D eigenvalue weighted by Crippen LogP contribution is 2.17. The van der Waals surface area contributed by atoms with Crippen LogP contribution in [-0.4, -0.2) is 37.5 Å². The molecule has 0 spiro atoms. The molecule has 29 heavy (non-hydrogen) atoms. The first-order valence-corrected chi connectivity index (χ1v) is 9.00. The maximum absolute atomic E-state index is 12.5. The maximum atomic E-state index is 12.5. The fraction of sp³-hybridized carbons (Fsp3) is 0.182. The Hall–Kier alpha value is -3.74. The number of carbonyl (C=O) groups is 2. The van der Waals surface area contributed by atoms with Gasteiger partial charge in [-0.15, -0.1) is 0 Å². The summed E-state index contributed by atoms with van der Waals surface area (Å²) in [5, 5.41) is 2.74. The number of nitrogens with zero attached hydrogens (tertiary/aromatic N) is 1. The van der Waals surface area contributed by atoms with Crippen LogP contribution in [0.1, 0.15) is 16.1 Å². The average Bonchev–Trinajstić information content (AvgIpc) is 3.25. The Morgan fingerprint density at radius 2 is 1.83 bits per heavy atom. The predicted molar refractivity (Wildman–Crippen MR) is 108 cm³/mol. The number of anilines is 1. The number of amides is 2. The van der Waals surface area contributed by atoms with E-state index in [1.54, 1.807) is 79.9 Å². The van der Waals surface area contributed by atoms with Crippen molar-refractivity contribution >= 4 is 17.5 Å². The highest BCUT2D eigenvalue weighted by atomic mass is 16.5. The first kappa shape index (κ1) is 20.0. The lowest BCUT2D eigenvalue weighted by Gasteiger charge is -2.16. The molecule has 2 amide bonds. The number of methoxy groups -OCH3 is 1. The van der Waals surface area contributed by atoms with Crippen LogP contribution in [0.3, 0.4) is 0 Å². The van der Waals surface area contributed by atoms with Crippen molar-refractivity contribution < 1.29 is 23.5 Å². The van der Waals surface area contributed by atoms with Gasteiger partial charge in [-0.2, -0.15) is 0 Å². The Bertz CT molecular complexity index is 952. The molecule has 0 aliphatic rings. The monoisotopic (exact) mass is 394 g/mol. The molecule has 3 aromatic rings. The van der Waals surface area contributed by atoms with Crippen LogP contribution in [0.15, 0.2) is 71.3 Å². The van der Waals surface area contributed by atoms with Crippen LogP contribution in [-0.2, 0) is 11.3 Å². The number of hydrogen-bond donors (Lipinski definition) is 1. The fourth-order valence-electron chi connectivity index (χ4n) is 2.67. The lowest BCUT2D eigenvalue weighted by atomic mass is 10.2. The SMILES string of the molecule is COc1cccc(NC(=O)COc2ccc(C(=O)N(C)Cc3ccco3)cc2)c1. The van der Waals surface area contributed by atoms with E-state index in [4.69, 9.17) is 13.9 Å². The number of ether oxygens (including phenoxy) is 2. The zero-order valence-electron chi connectivity index (χ0n) is 16.3. The summed E-state index contributed by atoms with van der Waals surface area (Å²) in [5.74, 6) is 1.43. The number of hydrogen-bond acceptors (Lipinski definition) is 5.